The molecule has 1 aliphatic rings. The van der Waals surface area contributed by atoms with Crippen LogP contribution in [0.15, 0.2) is 18.2 Å². The molecule has 16 heavy (non-hydrogen) atoms. The van der Waals surface area contributed by atoms with E-state index in [0.717, 1.165) is 0 Å². The molecule has 0 saturated carbocycles. The number of para-hydroxylation sites is 1. The van der Waals surface area contributed by atoms with E-state index in [1.807, 2.05) is 0 Å². The van der Waals surface area contributed by atoms with Crippen molar-refractivity contribution in [1.82, 2.24) is 0 Å². The van der Waals surface area contributed by atoms with Gasteiger partial charge in [0.05, 0.1) is 7.11 Å². The molecule has 88 valence electrons. The van der Waals surface area contributed by atoms with Gasteiger partial charge < -0.3 is 19.9 Å². The molecule has 0 spiro atoms. The molecule has 1 heterocycles. The minimum Gasteiger partial charge on any atom is -0.468 e. The van der Waals surface area contributed by atoms with Crippen LogP contribution in [0.3, 0.4) is 0 Å². The second kappa shape index (κ2) is 5.05. The maximum Gasteiger partial charge on any atom is 0.327 e. The highest BCUT2D eigenvalue weighted by atomic mass is 35.5. The lowest BCUT2D eigenvalue weighted by Crippen LogP contribution is -2.22. The summed E-state index contributed by atoms with van der Waals surface area (Å²) in [5, 5.41) is 0. The maximum absolute atomic E-state index is 11.3. The van der Waals surface area contributed by atoms with Gasteiger partial charge in [-0.05, 0) is 6.07 Å². The number of hydrogen-bond acceptors (Lipinski definition) is 5. The first-order chi connectivity index (χ1) is 7.24. The third-order valence-electron chi connectivity index (χ3n) is 2.22. The van der Waals surface area contributed by atoms with Crippen LogP contribution in [0.1, 0.15) is 11.6 Å². The number of hydrogen-bond donors (Lipinski definition) is 1. The average Bonchev–Trinajstić information content (AvgIpc) is 2.74. The van der Waals surface area contributed by atoms with E-state index in [-0.39, 0.29) is 19.2 Å². The number of ether oxygens (including phenoxy) is 3. The van der Waals surface area contributed by atoms with Crippen molar-refractivity contribution in [2.24, 2.45) is 5.73 Å². The quantitative estimate of drug-likeness (QED) is 0.788. The molecule has 0 aromatic heterocycles. The molecule has 0 bridgehead atoms. The summed E-state index contributed by atoms with van der Waals surface area (Å²) in [7, 11) is 1.29. The minimum atomic E-state index is -0.841. The predicted molar refractivity (Wildman–Crippen MR) is 58.8 cm³/mol. The highest BCUT2D eigenvalue weighted by molar-refractivity contribution is 5.85. The number of halogens is 1. The summed E-state index contributed by atoms with van der Waals surface area (Å²) < 4.78 is 15.0. The Morgan fingerprint density at radius 2 is 2.25 bits per heavy atom. The lowest BCUT2D eigenvalue weighted by molar-refractivity contribution is -0.142. The molecule has 6 heteroatoms. The first kappa shape index (κ1) is 12.6. The SMILES string of the molecule is COC(=O)[C@H](N)c1cccc2c1OCO2.Cl. The Hall–Kier alpha value is -1.46. The summed E-state index contributed by atoms with van der Waals surface area (Å²) >= 11 is 0. The zero-order valence-electron chi connectivity index (χ0n) is 8.64. The number of rotatable bonds is 2. The number of carbonyl (C=O) groups is 1. The van der Waals surface area contributed by atoms with Gasteiger partial charge in [-0.1, -0.05) is 12.1 Å². The molecule has 1 aromatic rings. The first-order valence-corrected chi connectivity index (χ1v) is 4.46. The molecule has 1 aromatic carbocycles. The second-order valence-corrected chi connectivity index (χ2v) is 3.08. The van der Waals surface area contributed by atoms with Gasteiger partial charge in [-0.25, -0.2) is 0 Å². The van der Waals surface area contributed by atoms with E-state index in [0.29, 0.717) is 17.1 Å². The Balaban J connectivity index is 0.00000128. The van der Waals surface area contributed by atoms with Gasteiger partial charge in [0, 0.05) is 5.56 Å². The highest BCUT2D eigenvalue weighted by Crippen LogP contribution is 2.37. The van der Waals surface area contributed by atoms with E-state index in [1.54, 1.807) is 18.2 Å². The minimum absolute atomic E-state index is 0. The van der Waals surface area contributed by atoms with Crippen molar-refractivity contribution in [3.05, 3.63) is 23.8 Å². The van der Waals surface area contributed by atoms with Crippen molar-refractivity contribution in [3.8, 4) is 11.5 Å². The van der Waals surface area contributed by atoms with Gasteiger partial charge in [-0.2, -0.15) is 0 Å². The van der Waals surface area contributed by atoms with Crippen LogP contribution in [-0.2, 0) is 9.53 Å². The van der Waals surface area contributed by atoms with E-state index >= 15 is 0 Å². The smallest absolute Gasteiger partial charge is 0.327 e. The Morgan fingerprint density at radius 1 is 1.50 bits per heavy atom. The van der Waals surface area contributed by atoms with Crippen LogP contribution in [0, 0.1) is 0 Å². The molecule has 1 aliphatic heterocycles. The fourth-order valence-electron chi connectivity index (χ4n) is 1.45. The monoisotopic (exact) mass is 245 g/mol. The van der Waals surface area contributed by atoms with Crippen LogP contribution in [0.5, 0.6) is 11.5 Å². The van der Waals surface area contributed by atoms with Gasteiger partial charge in [-0.3, -0.25) is 4.79 Å². The molecule has 5 nitrogen and oxygen atoms in total. The number of nitrogens with two attached hydrogens (primary N) is 1. The van der Waals surface area contributed by atoms with Crippen LogP contribution in [-0.4, -0.2) is 19.9 Å². The summed E-state index contributed by atoms with van der Waals surface area (Å²) in [6.07, 6.45) is 0. The molecule has 2 N–H and O–H groups in total. The Bertz CT molecular complexity index is 396. The van der Waals surface area contributed by atoms with E-state index in [1.165, 1.54) is 7.11 Å². The number of benzene rings is 1. The van der Waals surface area contributed by atoms with Crippen molar-refractivity contribution in [2.45, 2.75) is 6.04 Å². The standard InChI is InChI=1S/C10H11NO4.ClH/c1-13-10(12)8(11)6-3-2-4-7-9(6)15-5-14-7;/h2-4,8H,5,11H2,1H3;1H/t8-;/m1./s1. The van der Waals surface area contributed by atoms with Crippen molar-refractivity contribution in [3.63, 3.8) is 0 Å². The number of esters is 1. The Morgan fingerprint density at radius 3 is 2.94 bits per heavy atom. The zero-order chi connectivity index (χ0) is 10.8. The molecular weight excluding hydrogens is 234 g/mol. The highest BCUT2D eigenvalue weighted by Gasteiger charge is 2.25. The van der Waals surface area contributed by atoms with E-state index in [4.69, 9.17) is 15.2 Å². The van der Waals surface area contributed by atoms with Crippen LogP contribution in [0.4, 0.5) is 0 Å². The van der Waals surface area contributed by atoms with E-state index in [2.05, 4.69) is 4.74 Å². The molecule has 0 unspecified atom stereocenters. The zero-order valence-corrected chi connectivity index (χ0v) is 9.45. The molecule has 0 aliphatic carbocycles. The molecule has 1 atom stereocenters. The van der Waals surface area contributed by atoms with Gasteiger partial charge in [0.15, 0.2) is 11.5 Å². The lowest BCUT2D eigenvalue weighted by atomic mass is 10.1. The largest absolute Gasteiger partial charge is 0.468 e. The van der Waals surface area contributed by atoms with Crippen LogP contribution < -0.4 is 15.2 Å². The molecule has 0 fully saturated rings. The third kappa shape index (κ3) is 2.05. The summed E-state index contributed by atoms with van der Waals surface area (Å²) in [6, 6.07) is 4.39. The van der Waals surface area contributed by atoms with Crippen molar-refractivity contribution in [1.29, 1.82) is 0 Å². The summed E-state index contributed by atoms with van der Waals surface area (Å²) in [4.78, 5) is 11.3. The second-order valence-electron chi connectivity index (χ2n) is 3.08. The number of fused-ring (bicyclic) bond motifs is 1. The average molecular weight is 246 g/mol. The topological polar surface area (TPSA) is 70.8 Å². The number of carbonyl (C=O) groups excluding carboxylic acids is 1. The molecule has 0 saturated heterocycles. The number of methoxy groups -OCH3 is 1. The molecule has 2 rings (SSSR count). The van der Waals surface area contributed by atoms with E-state index < -0.39 is 12.0 Å². The maximum atomic E-state index is 11.3. The van der Waals surface area contributed by atoms with Crippen molar-refractivity contribution >= 4 is 18.4 Å². The fourth-order valence-corrected chi connectivity index (χ4v) is 1.45. The van der Waals surface area contributed by atoms with Gasteiger partial charge in [0.25, 0.3) is 0 Å². The summed E-state index contributed by atoms with van der Waals surface area (Å²) in [6.45, 7) is 0.153. The van der Waals surface area contributed by atoms with Crippen LogP contribution in [0.2, 0.25) is 0 Å². The van der Waals surface area contributed by atoms with Gasteiger partial charge >= 0.3 is 5.97 Å². The normalized spacial score (nSPS) is 13.9. The lowest BCUT2D eigenvalue weighted by Gasteiger charge is -2.11. The van der Waals surface area contributed by atoms with Crippen LogP contribution >= 0.6 is 12.4 Å². The third-order valence-corrected chi connectivity index (χ3v) is 2.22. The Labute approximate surface area is 98.9 Å². The van der Waals surface area contributed by atoms with Gasteiger partial charge in [-0.15, -0.1) is 12.4 Å². The van der Waals surface area contributed by atoms with Gasteiger partial charge in [0.2, 0.25) is 6.79 Å². The predicted octanol–water partition coefficient (Wildman–Crippen LogP) is 1.01. The van der Waals surface area contributed by atoms with Crippen molar-refractivity contribution < 1.29 is 19.0 Å². The van der Waals surface area contributed by atoms with Crippen LogP contribution in [0.25, 0.3) is 0 Å². The first-order valence-electron chi connectivity index (χ1n) is 4.46. The summed E-state index contributed by atoms with van der Waals surface area (Å²) in [5.74, 6) is 0.626. The molecular formula is C10H12ClNO4. The van der Waals surface area contributed by atoms with E-state index in [9.17, 15) is 4.79 Å². The molecule has 0 radical (unpaired) electrons. The fraction of sp³-hybridized carbons (Fsp3) is 0.300. The Kier molecular flexibility index (Phi) is 3.98. The van der Waals surface area contributed by atoms with Crippen molar-refractivity contribution in [2.75, 3.05) is 13.9 Å². The summed E-state index contributed by atoms with van der Waals surface area (Å²) in [5.41, 5.74) is 6.29. The molecule has 0 amide bonds. The van der Waals surface area contributed by atoms with Gasteiger partial charge in [0.1, 0.15) is 6.04 Å².